The third-order valence-corrected chi connectivity index (χ3v) is 5.81. The third-order valence-electron chi connectivity index (χ3n) is 3.95. The zero-order valence-electron chi connectivity index (χ0n) is 13.0. The smallest absolute Gasteiger partial charge is 0.270 e. The minimum Gasteiger partial charge on any atom is -0.371 e. The predicted molar refractivity (Wildman–Crippen MR) is 86.9 cm³/mol. The van der Waals surface area contributed by atoms with Crippen LogP contribution in [-0.4, -0.2) is 37.3 Å². The molecule has 1 heterocycles. The molecular formula is C16H15FN2O5S. The molecule has 2 aromatic carbocycles. The lowest BCUT2D eigenvalue weighted by Crippen LogP contribution is -2.42. The van der Waals surface area contributed by atoms with Gasteiger partial charge >= 0.3 is 0 Å². The largest absolute Gasteiger partial charge is 0.371 e. The van der Waals surface area contributed by atoms with Gasteiger partial charge in [0.1, 0.15) is 5.82 Å². The minimum absolute atomic E-state index is 0.0635. The number of nitro benzene ring substituents is 1. The first-order valence-corrected chi connectivity index (χ1v) is 8.94. The molecule has 1 aliphatic rings. The summed E-state index contributed by atoms with van der Waals surface area (Å²) in [4.78, 5) is 10.0. The average Bonchev–Trinajstić information content (AvgIpc) is 2.62. The van der Waals surface area contributed by atoms with E-state index in [1.807, 2.05) is 0 Å². The molecule has 1 saturated heterocycles. The van der Waals surface area contributed by atoms with Crippen molar-refractivity contribution >= 4 is 15.7 Å². The van der Waals surface area contributed by atoms with E-state index in [0.29, 0.717) is 0 Å². The summed E-state index contributed by atoms with van der Waals surface area (Å²) in [5.41, 5.74) is -0.0265. The zero-order chi connectivity index (χ0) is 18.0. The van der Waals surface area contributed by atoms with Gasteiger partial charge in [0.15, 0.2) is 0 Å². The van der Waals surface area contributed by atoms with Crippen LogP contribution in [0, 0.1) is 15.9 Å². The Hall–Kier alpha value is -2.36. The maximum Gasteiger partial charge on any atom is 0.270 e. The van der Waals surface area contributed by atoms with E-state index in [-0.39, 0.29) is 35.8 Å². The lowest BCUT2D eigenvalue weighted by atomic mass is 10.1. The summed E-state index contributed by atoms with van der Waals surface area (Å²) in [7, 11) is -3.95. The van der Waals surface area contributed by atoms with Crippen molar-refractivity contribution < 1.29 is 22.5 Å². The molecule has 3 rings (SSSR count). The van der Waals surface area contributed by atoms with Gasteiger partial charge in [0.05, 0.1) is 22.5 Å². The van der Waals surface area contributed by atoms with Gasteiger partial charge in [-0.05, 0) is 12.1 Å². The highest BCUT2D eigenvalue weighted by molar-refractivity contribution is 7.89. The van der Waals surface area contributed by atoms with E-state index in [2.05, 4.69) is 0 Å². The molecule has 7 nitrogen and oxygen atoms in total. The Bertz CT molecular complexity index is 903. The van der Waals surface area contributed by atoms with E-state index in [0.717, 1.165) is 10.4 Å². The molecule has 1 fully saturated rings. The van der Waals surface area contributed by atoms with Gasteiger partial charge in [-0.1, -0.05) is 24.3 Å². The fourth-order valence-electron chi connectivity index (χ4n) is 2.67. The molecule has 0 bridgehead atoms. The molecule has 2 aromatic rings. The highest BCUT2D eigenvalue weighted by atomic mass is 32.2. The second-order valence-corrected chi connectivity index (χ2v) is 7.44. The SMILES string of the molecule is O=[N+]([O-])c1cccc(S(=O)(=O)N2CCOC(c3ccccc3F)C2)c1. The Balaban J connectivity index is 1.89. The van der Waals surface area contributed by atoms with E-state index in [1.165, 1.54) is 24.3 Å². The van der Waals surface area contributed by atoms with Crippen molar-refractivity contribution in [3.05, 3.63) is 70.0 Å². The van der Waals surface area contributed by atoms with E-state index >= 15 is 0 Å². The normalized spacial score (nSPS) is 18.8. The van der Waals surface area contributed by atoms with Gasteiger partial charge in [0.25, 0.3) is 5.69 Å². The molecule has 1 atom stereocenters. The number of nitro groups is 1. The summed E-state index contributed by atoms with van der Waals surface area (Å²) in [5.74, 6) is -0.470. The number of rotatable bonds is 4. The maximum atomic E-state index is 13.9. The first-order chi connectivity index (χ1) is 11.9. The molecule has 0 aromatic heterocycles. The van der Waals surface area contributed by atoms with Gasteiger partial charge in [-0.2, -0.15) is 4.31 Å². The van der Waals surface area contributed by atoms with Crippen LogP contribution in [0.25, 0.3) is 0 Å². The summed E-state index contributed by atoms with van der Waals surface area (Å²) < 4.78 is 46.2. The topological polar surface area (TPSA) is 89.8 Å². The molecule has 0 amide bonds. The highest BCUT2D eigenvalue weighted by Crippen LogP contribution is 2.28. The van der Waals surface area contributed by atoms with Crippen molar-refractivity contribution in [1.29, 1.82) is 0 Å². The Kier molecular flexibility index (Phi) is 4.80. The summed E-state index contributed by atoms with van der Waals surface area (Å²) in [6.45, 7) is 0.134. The number of morpholine rings is 1. The predicted octanol–water partition coefficient (Wildman–Crippen LogP) is 2.50. The Morgan fingerprint density at radius 3 is 2.68 bits per heavy atom. The second kappa shape index (κ2) is 6.87. The van der Waals surface area contributed by atoms with E-state index < -0.39 is 26.9 Å². The first-order valence-electron chi connectivity index (χ1n) is 7.50. The van der Waals surface area contributed by atoms with Gasteiger partial charge < -0.3 is 4.74 Å². The fraction of sp³-hybridized carbons (Fsp3) is 0.250. The van der Waals surface area contributed by atoms with Gasteiger partial charge in [-0.15, -0.1) is 0 Å². The van der Waals surface area contributed by atoms with Crippen LogP contribution in [0.3, 0.4) is 0 Å². The van der Waals surface area contributed by atoms with Crippen LogP contribution in [0.1, 0.15) is 11.7 Å². The number of hydrogen-bond acceptors (Lipinski definition) is 5. The Morgan fingerprint density at radius 1 is 1.20 bits per heavy atom. The molecule has 25 heavy (non-hydrogen) atoms. The maximum absolute atomic E-state index is 13.9. The van der Waals surface area contributed by atoms with Crippen molar-refractivity contribution in [1.82, 2.24) is 4.31 Å². The van der Waals surface area contributed by atoms with Crippen LogP contribution < -0.4 is 0 Å². The third kappa shape index (κ3) is 3.53. The van der Waals surface area contributed by atoms with E-state index in [1.54, 1.807) is 18.2 Å². The quantitative estimate of drug-likeness (QED) is 0.613. The van der Waals surface area contributed by atoms with Crippen LogP contribution in [0.2, 0.25) is 0 Å². The molecule has 1 aliphatic heterocycles. The number of ether oxygens (including phenoxy) is 1. The number of hydrogen-bond donors (Lipinski definition) is 0. The van der Waals surface area contributed by atoms with Crippen LogP contribution >= 0.6 is 0 Å². The van der Waals surface area contributed by atoms with Gasteiger partial charge in [0.2, 0.25) is 10.0 Å². The van der Waals surface area contributed by atoms with Crippen LogP contribution in [0.5, 0.6) is 0 Å². The van der Waals surface area contributed by atoms with Crippen molar-refractivity contribution in [3.63, 3.8) is 0 Å². The number of halogens is 1. The van der Waals surface area contributed by atoms with Crippen LogP contribution in [0.15, 0.2) is 53.4 Å². The van der Waals surface area contributed by atoms with Gasteiger partial charge in [0, 0.05) is 30.8 Å². The summed E-state index contributed by atoms with van der Waals surface area (Å²) >= 11 is 0. The lowest BCUT2D eigenvalue weighted by molar-refractivity contribution is -0.385. The molecule has 0 saturated carbocycles. The van der Waals surface area contributed by atoms with Gasteiger partial charge in [-0.25, -0.2) is 12.8 Å². The molecular weight excluding hydrogens is 351 g/mol. The summed E-state index contributed by atoms with van der Waals surface area (Å²) in [6.07, 6.45) is -0.733. The number of benzene rings is 2. The molecule has 1 unspecified atom stereocenters. The number of non-ortho nitro benzene ring substituents is 1. The van der Waals surface area contributed by atoms with Crippen molar-refractivity contribution in [3.8, 4) is 0 Å². The average molecular weight is 366 g/mol. The Morgan fingerprint density at radius 2 is 1.96 bits per heavy atom. The standard InChI is InChI=1S/C16H15FN2O5S/c17-15-7-2-1-6-14(15)16-11-18(8-9-24-16)25(22,23)13-5-3-4-12(10-13)19(20)21/h1-7,10,16H,8-9,11H2. The van der Waals surface area contributed by atoms with Gasteiger partial charge in [-0.3, -0.25) is 10.1 Å². The summed E-state index contributed by atoms with van der Waals surface area (Å²) in [5, 5.41) is 10.9. The number of nitrogens with zero attached hydrogens (tertiary/aromatic N) is 2. The van der Waals surface area contributed by atoms with Crippen LogP contribution in [0.4, 0.5) is 10.1 Å². The molecule has 132 valence electrons. The minimum atomic E-state index is -3.95. The van der Waals surface area contributed by atoms with Crippen LogP contribution in [-0.2, 0) is 14.8 Å². The number of sulfonamides is 1. The highest BCUT2D eigenvalue weighted by Gasteiger charge is 2.33. The zero-order valence-corrected chi connectivity index (χ0v) is 13.9. The molecule has 9 heteroatoms. The fourth-order valence-corrected chi connectivity index (χ4v) is 4.14. The monoisotopic (exact) mass is 366 g/mol. The first kappa shape index (κ1) is 17.5. The summed E-state index contributed by atoms with van der Waals surface area (Å²) in [6, 6.07) is 10.9. The molecule has 0 N–H and O–H groups in total. The Labute approximate surface area is 143 Å². The van der Waals surface area contributed by atoms with Crippen molar-refractivity contribution in [2.75, 3.05) is 19.7 Å². The van der Waals surface area contributed by atoms with E-state index in [9.17, 15) is 22.9 Å². The van der Waals surface area contributed by atoms with Crippen molar-refractivity contribution in [2.45, 2.75) is 11.0 Å². The van der Waals surface area contributed by atoms with Crippen molar-refractivity contribution in [2.24, 2.45) is 0 Å². The molecule has 0 spiro atoms. The van der Waals surface area contributed by atoms with E-state index in [4.69, 9.17) is 4.74 Å². The second-order valence-electron chi connectivity index (χ2n) is 5.50. The molecule has 0 aliphatic carbocycles. The lowest BCUT2D eigenvalue weighted by Gasteiger charge is -2.32. The molecule has 0 radical (unpaired) electrons.